The fourth-order valence-corrected chi connectivity index (χ4v) is 2.03. The molecule has 108 valence electrons. The van der Waals surface area contributed by atoms with Gasteiger partial charge >= 0.3 is 0 Å². The van der Waals surface area contributed by atoms with Crippen molar-refractivity contribution in [3.63, 3.8) is 0 Å². The first-order valence-electron chi connectivity index (χ1n) is 6.26. The summed E-state index contributed by atoms with van der Waals surface area (Å²) in [5.41, 5.74) is 8.66. The minimum absolute atomic E-state index is 0.0751. The summed E-state index contributed by atoms with van der Waals surface area (Å²) in [5.74, 6) is -0.610. The number of likely N-dealkylation sites (N-methyl/N-ethyl adjacent to an activating group) is 1. The highest BCUT2D eigenvalue weighted by atomic mass is 16.6. The Kier molecular flexibility index (Phi) is 4.16. The van der Waals surface area contributed by atoms with Gasteiger partial charge in [0.05, 0.1) is 4.92 Å². The van der Waals surface area contributed by atoms with E-state index in [1.54, 1.807) is 0 Å². The van der Waals surface area contributed by atoms with Crippen LogP contribution in [0.5, 0.6) is 0 Å². The first-order chi connectivity index (χ1) is 9.47. The van der Waals surface area contributed by atoms with Gasteiger partial charge in [-0.15, -0.1) is 0 Å². The summed E-state index contributed by atoms with van der Waals surface area (Å²) in [6.07, 6.45) is 0. The van der Waals surface area contributed by atoms with Crippen molar-refractivity contribution in [2.75, 3.05) is 38.7 Å². The molecule has 20 heavy (non-hydrogen) atoms. The van der Waals surface area contributed by atoms with Crippen molar-refractivity contribution < 1.29 is 9.72 Å². The van der Waals surface area contributed by atoms with E-state index in [0.717, 1.165) is 26.2 Å². The third-order valence-corrected chi connectivity index (χ3v) is 3.26. The maximum atomic E-state index is 11.2. The van der Waals surface area contributed by atoms with Gasteiger partial charge in [-0.05, 0) is 19.2 Å². The zero-order chi connectivity index (χ0) is 14.7. The number of nitrogens with one attached hydrogen (secondary N) is 1. The molecule has 0 spiro atoms. The molecule has 1 saturated heterocycles. The number of nitrogens with zero attached hydrogens (tertiary/aromatic N) is 3. The summed E-state index contributed by atoms with van der Waals surface area (Å²) in [4.78, 5) is 23.9. The highest BCUT2D eigenvalue weighted by Gasteiger charge is 2.20. The van der Waals surface area contributed by atoms with Crippen LogP contribution in [-0.2, 0) is 0 Å². The van der Waals surface area contributed by atoms with Crippen molar-refractivity contribution in [2.45, 2.75) is 0 Å². The topological polar surface area (TPSA) is 105 Å². The molecule has 1 aliphatic heterocycles. The molecule has 8 nitrogen and oxygen atoms in total. The van der Waals surface area contributed by atoms with Crippen LogP contribution in [-0.4, -0.2) is 54.0 Å². The fourth-order valence-electron chi connectivity index (χ4n) is 2.03. The average molecular weight is 279 g/mol. The number of carbonyl (C=O) groups excluding carboxylic acids is 1. The van der Waals surface area contributed by atoms with Crippen LogP contribution in [0.1, 0.15) is 10.4 Å². The number of hydrogen-bond acceptors (Lipinski definition) is 6. The van der Waals surface area contributed by atoms with E-state index in [1.165, 1.54) is 18.2 Å². The van der Waals surface area contributed by atoms with Gasteiger partial charge in [-0.25, -0.2) is 5.01 Å². The third kappa shape index (κ3) is 3.22. The van der Waals surface area contributed by atoms with Crippen LogP contribution in [0.4, 0.5) is 11.4 Å². The Morgan fingerprint density at radius 2 is 2.00 bits per heavy atom. The SMILES string of the molecule is CN1CCN(Nc2cc(C(N)=O)ccc2[N+](=O)[O-])CC1. The Bertz CT molecular complexity index is 526. The number of benzene rings is 1. The summed E-state index contributed by atoms with van der Waals surface area (Å²) >= 11 is 0. The lowest BCUT2D eigenvalue weighted by molar-refractivity contribution is -0.384. The van der Waals surface area contributed by atoms with E-state index in [2.05, 4.69) is 10.3 Å². The maximum absolute atomic E-state index is 11.2. The Balaban J connectivity index is 2.21. The smallest absolute Gasteiger partial charge is 0.293 e. The molecule has 2 rings (SSSR count). The van der Waals surface area contributed by atoms with Crippen LogP contribution in [0.15, 0.2) is 18.2 Å². The number of hydrogen-bond donors (Lipinski definition) is 2. The standard InChI is InChI=1S/C12H17N5O3/c1-15-4-6-16(7-5-15)14-10-8-9(12(13)18)2-3-11(10)17(19)20/h2-3,8,14H,4-7H2,1H3,(H2,13,18). The molecular weight excluding hydrogens is 262 g/mol. The number of piperazine rings is 1. The minimum atomic E-state index is -0.610. The molecule has 1 heterocycles. The number of primary amides is 1. The Hall–Kier alpha value is -2.19. The number of amides is 1. The van der Waals surface area contributed by atoms with Crippen LogP contribution in [0.2, 0.25) is 0 Å². The Morgan fingerprint density at radius 3 is 2.55 bits per heavy atom. The minimum Gasteiger partial charge on any atom is -0.366 e. The molecule has 0 aliphatic carbocycles. The second kappa shape index (κ2) is 5.85. The van der Waals surface area contributed by atoms with E-state index >= 15 is 0 Å². The summed E-state index contributed by atoms with van der Waals surface area (Å²) in [7, 11) is 2.02. The zero-order valence-electron chi connectivity index (χ0n) is 11.2. The molecule has 1 aliphatic rings. The van der Waals surface area contributed by atoms with Crippen LogP contribution < -0.4 is 11.2 Å². The first-order valence-corrected chi connectivity index (χ1v) is 6.26. The van der Waals surface area contributed by atoms with Crippen molar-refractivity contribution in [1.82, 2.24) is 9.91 Å². The normalized spacial score (nSPS) is 16.9. The maximum Gasteiger partial charge on any atom is 0.293 e. The van der Waals surface area contributed by atoms with Crippen molar-refractivity contribution >= 4 is 17.3 Å². The predicted octanol–water partition coefficient (Wildman–Crippen LogP) is 0.268. The van der Waals surface area contributed by atoms with Gasteiger partial charge in [-0.2, -0.15) is 0 Å². The Morgan fingerprint density at radius 1 is 1.35 bits per heavy atom. The molecule has 0 aromatic heterocycles. The van der Waals surface area contributed by atoms with Gasteiger partial charge in [0.25, 0.3) is 5.69 Å². The molecular formula is C12H17N5O3. The highest BCUT2D eigenvalue weighted by Crippen LogP contribution is 2.26. The first kappa shape index (κ1) is 14.2. The molecule has 0 unspecified atom stereocenters. The number of nitro groups is 1. The van der Waals surface area contributed by atoms with Gasteiger partial charge in [0, 0.05) is 37.8 Å². The number of carbonyl (C=O) groups is 1. The van der Waals surface area contributed by atoms with Gasteiger partial charge in [-0.1, -0.05) is 0 Å². The molecule has 3 N–H and O–H groups in total. The van der Waals surface area contributed by atoms with Crippen molar-refractivity contribution in [1.29, 1.82) is 0 Å². The van der Waals surface area contributed by atoms with Crippen LogP contribution in [0.3, 0.4) is 0 Å². The van der Waals surface area contributed by atoms with E-state index in [9.17, 15) is 14.9 Å². The van der Waals surface area contributed by atoms with Crippen molar-refractivity contribution in [3.8, 4) is 0 Å². The van der Waals surface area contributed by atoms with E-state index in [4.69, 9.17) is 5.73 Å². The molecule has 1 amide bonds. The number of nitrogens with two attached hydrogens (primary N) is 1. The number of hydrazine groups is 1. The van der Waals surface area contributed by atoms with E-state index in [1.807, 2.05) is 12.1 Å². The van der Waals surface area contributed by atoms with E-state index in [-0.39, 0.29) is 16.9 Å². The quantitative estimate of drug-likeness (QED) is 0.605. The number of anilines is 1. The lowest BCUT2D eigenvalue weighted by atomic mass is 10.1. The summed E-state index contributed by atoms with van der Waals surface area (Å²) in [6, 6.07) is 4.06. The largest absolute Gasteiger partial charge is 0.366 e. The molecule has 1 aromatic carbocycles. The molecule has 0 saturated carbocycles. The second-order valence-electron chi connectivity index (χ2n) is 4.76. The van der Waals surface area contributed by atoms with Crippen molar-refractivity contribution in [3.05, 3.63) is 33.9 Å². The summed E-state index contributed by atoms with van der Waals surface area (Å²) in [6.45, 7) is 3.23. The summed E-state index contributed by atoms with van der Waals surface area (Å²) in [5, 5.41) is 12.9. The lowest BCUT2D eigenvalue weighted by Crippen LogP contribution is -2.47. The van der Waals surface area contributed by atoms with E-state index in [0.29, 0.717) is 0 Å². The molecule has 0 radical (unpaired) electrons. The van der Waals surface area contributed by atoms with Gasteiger partial charge in [0.15, 0.2) is 0 Å². The molecule has 0 bridgehead atoms. The van der Waals surface area contributed by atoms with Gasteiger partial charge < -0.3 is 16.1 Å². The third-order valence-electron chi connectivity index (χ3n) is 3.26. The van der Waals surface area contributed by atoms with Gasteiger partial charge in [0.2, 0.25) is 5.91 Å². The number of rotatable bonds is 4. The second-order valence-corrected chi connectivity index (χ2v) is 4.76. The Labute approximate surface area is 116 Å². The van der Waals surface area contributed by atoms with Crippen LogP contribution in [0, 0.1) is 10.1 Å². The summed E-state index contributed by atoms with van der Waals surface area (Å²) < 4.78 is 0. The molecule has 0 atom stereocenters. The fraction of sp³-hybridized carbons (Fsp3) is 0.417. The molecule has 1 fully saturated rings. The lowest BCUT2D eigenvalue weighted by Gasteiger charge is -2.32. The molecule has 8 heteroatoms. The number of nitro benzene ring substituents is 1. The molecule has 1 aromatic rings. The van der Waals surface area contributed by atoms with Gasteiger partial charge in [0.1, 0.15) is 5.69 Å². The van der Waals surface area contributed by atoms with Crippen LogP contribution >= 0.6 is 0 Å². The van der Waals surface area contributed by atoms with Crippen LogP contribution in [0.25, 0.3) is 0 Å². The highest BCUT2D eigenvalue weighted by molar-refractivity contribution is 5.94. The van der Waals surface area contributed by atoms with E-state index < -0.39 is 10.8 Å². The van der Waals surface area contributed by atoms with Gasteiger partial charge in [-0.3, -0.25) is 14.9 Å². The predicted molar refractivity (Wildman–Crippen MR) is 74.3 cm³/mol. The van der Waals surface area contributed by atoms with Crippen molar-refractivity contribution in [2.24, 2.45) is 5.73 Å². The zero-order valence-corrected chi connectivity index (χ0v) is 11.2. The average Bonchev–Trinajstić information content (AvgIpc) is 2.41. The monoisotopic (exact) mass is 279 g/mol.